The summed E-state index contributed by atoms with van der Waals surface area (Å²) in [6.45, 7) is 0.372. The highest BCUT2D eigenvalue weighted by molar-refractivity contribution is 5.76. The summed E-state index contributed by atoms with van der Waals surface area (Å²) in [4.78, 5) is 16.6. The fourth-order valence-corrected chi connectivity index (χ4v) is 3.00. The highest BCUT2D eigenvalue weighted by atomic mass is 16.3. The van der Waals surface area contributed by atoms with Gasteiger partial charge in [0.15, 0.2) is 5.58 Å². The lowest BCUT2D eigenvalue weighted by Gasteiger charge is -2.09. The van der Waals surface area contributed by atoms with Crippen molar-refractivity contribution in [2.75, 3.05) is 5.73 Å². The summed E-state index contributed by atoms with van der Waals surface area (Å²) in [7, 11) is 0. The molecule has 21 heavy (non-hydrogen) atoms. The van der Waals surface area contributed by atoms with Crippen molar-refractivity contribution in [2.24, 2.45) is 0 Å². The van der Waals surface area contributed by atoms with Crippen LogP contribution in [0.1, 0.15) is 23.6 Å². The van der Waals surface area contributed by atoms with Crippen molar-refractivity contribution in [1.29, 1.82) is 0 Å². The number of nitrogen functional groups attached to an aromatic ring is 1. The first-order chi connectivity index (χ1) is 10.2. The van der Waals surface area contributed by atoms with Crippen molar-refractivity contribution in [3.8, 4) is 0 Å². The van der Waals surface area contributed by atoms with Crippen LogP contribution in [0.25, 0.3) is 11.1 Å². The topological polar surface area (TPSA) is 74.0 Å². The number of fused-ring (bicyclic) bond motifs is 2. The fraction of sp³-hybridized carbons (Fsp3) is 0.250. The predicted molar refractivity (Wildman–Crippen MR) is 80.3 cm³/mol. The second-order valence-corrected chi connectivity index (χ2v) is 5.42. The van der Waals surface area contributed by atoms with Crippen LogP contribution in [-0.2, 0) is 19.4 Å². The lowest BCUT2D eigenvalue weighted by molar-refractivity contribution is 0.498. The summed E-state index contributed by atoms with van der Waals surface area (Å²) in [5.74, 6) is 0.540. The van der Waals surface area contributed by atoms with E-state index < -0.39 is 0 Å². The SMILES string of the molecule is Nc1ccc2oc(Cn3c4c(ccc3=O)CCC4)nc2c1. The second kappa shape index (κ2) is 4.48. The molecule has 2 N–H and O–H groups in total. The molecule has 0 amide bonds. The number of rotatable bonds is 2. The zero-order chi connectivity index (χ0) is 14.4. The molecule has 0 bridgehead atoms. The van der Waals surface area contributed by atoms with Gasteiger partial charge in [0, 0.05) is 17.4 Å². The first kappa shape index (κ1) is 12.2. The van der Waals surface area contributed by atoms with Crippen molar-refractivity contribution in [2.45, 2.75) is 25.8 Å². The Balaban J connectivity index is 1.78. The van der Waals surface area contributed by atoms with Crippen molar-refractivity contribution in [1.82, 2.24) is 9.55 Å². The molecule has 0 radical (unpaired) electrons. The summed E-state index contributed by atoms with van der Waals surface area (Å²) in [6.07, 6.45) is 3.08. The van der Waals surface area contributed by atoms with E-state index in [9.17, 15) is 4.79 Å². The minimum atomic E-state index is -0.00239. The van der Waals surface area contributed by atoms with Gasteiger partial charge < -0.3 is 14.7 Å². The van der Waals surface area contributed by atoms with Crippen molar-refractivity contribution < 1.29 is 4.42 Å². The van der Waals surface area contributed by atoms with Gasteiger partial charge in [-0.15, -0.1) is 0 Å². The Hall–Kier alpha value is -2.56. The molecular weight excluding hydrogens is 266 g/mol. The molecule has 106 valence electrons. The summed E-state index contributed by atoms with van der Waals surface area (Å²) in [5, 5.41) is 0. The molecule has 0 aliphatic heterocycles. The van der Waals surface area contributed by atoms with Crippen LogP contribution in [0.5, 0.6) is 0 Å². The summed E-state index contributed by atoms with van der Waals surface area (Å²) >= 11 is 0. The number of aryl methyl sites for hydroxylation is 1. The van der Waals surface area contributed by atoms with Gasteiger partial charge in [-0.05, 0) is 43.0 Å². The van der Waals surface area contributed by atoms with Gasteiger partial charge in [-0.3, -0.25) is 4.79 Å². The van der Waals surface area contributed by atoms with E-state index in [1.54, 1.807) is 28.8 Å². The number of pyridine rings is 1. The number of anilines is 1. The molecule has 1 aliphatic carbocycles. The van der Waals surface area contributed by atoms with Crippen LogP contribution < -0.4 is 11.3 Å². The van der Waals surface area contributed by atoms with E-state index in [0.29, 0.717) is 23.7 Å². The van der Waals surface area contributed by atoms with Gasteiger partial charge in [-0.2, -0.15) is 0 Å². The van der Waals surface area contributed by atoms with Gasteiger partial charge in [0.2, 0.25) is 5.89 Å². The number of hydrogen-bond acceptors (Lipinski definition) is 4. The molecule has 2 heterocycles. The zero-order valence-corrected chi connectivity index (χ0v) is 11.5. The summed E-state index contributed by atoms with van der Waals surface area (Å²) in [5.41, 5.74) is 10.2. The van der Waals surface area contributed by atoms with E-state index in [0.717, 1.165) is 30.5 Å². The number of benzene rings is 1. The minimum absolute atomic E-state index is 0.00239. The first-order valence-corrected chi connectivity index (χ1v) is 7.07. The smallest absolute Gasteiger partial charge is 0.251 e. The van der Waals surface area contributed by atoms with E-state index in [-0.39, 0.29) is 5.56 Å². The Kier molecular flexibility index (Phi) is 2.60. The third kappa shape index (κ3) is 2.01. The van der Waals surface area contributed by atoms with Crippen LogP contribution in [0.4, 0.5) is 5.69 Å². The molecule has 1 aromatic carbocycles. The third-order valence-corrected chi connectivity index (χ3v) is 4.00. The van der Waals surface area contributed by atoms with Crippen molar-refractivity contribution >= 4 is 16.8 Å². The Morgan fingerprint density at radius 3 is 3.05 bits per heavy atom. The van der Waals surface area contributed by atoms with E-state index in [4.69, 9.17) is 10.2 Å². The number of hydrogen-bond donors (Lipinski definition) is 1. The zero-order valence-electron chi connectivity index (χ0n) is 11.5. The average Bonchev–Trinajstić information content (AvgIpc) is 3.07. The monoisotopic (exact) mass is 281 g/mol. The molecule has 0 saturated heterocycles. The molecule has 0 atom stereocenters. The normalized spacial score (nSPS) is 13.7. The Labute approximate surface area is 121 Å². The second-order valence-electron chi connectivity index (χ2n) is 5.42. The van der Waals surface area contributed by atoms with Crippen LogP contribution in [0.2, 0.25) is 0 Å². The van der Waals surface area contributed by atoms with E-state index >= 15 is 0 Å². The maximum Gasteiger partial charge on any atom is 0.251 e. The maximum absolute atomic E-state index is 12.1. The van der Waals surface area contributed by atoms with E-state index in [1.807, 2.05) is 6.07 Å². The molecule has 0 fully saturated rings. The molecule has 2 aromatic heterocycles. The lowest BCUT2D eigenvalue weighted by atomic mass is 10.2. The molecule has 3 aromatic rings. The van der Waals surface area contributed by atoms with Gasteiger partial charge in [-0.25, -0.2) is 4.98 Å². The molecule has 0 saturated carbocycles. The Morgan fingerprint density at radius 2 is 2.14 bits per heavy atom. The van der Waals surface area contributed by atoms with Gasteiger partial charge >= 0.3 is 0 Å². The largest absolute Gasteiger partial charge is 0.439 e. The highest BCUT2D eigenvalue weighted by Crippen LogP contribution is 2.22. The molecular formula is C16H15N3O2. The molecule has 1 aliphatic rings. The molecule has 5 nitrogen and oxygen atoms in total. The Morgan fingerprint density at radius 1 is 1.24 bits per heavy atom. The number of aromatic nitrogens is 2. The van der Waals surface area contributed by atoms with Crippen molar-refractivity contribution in [3.05, 3.63) is 57.8 Å². The van der Waals surface area contributed by atoms with Crippen LogP contribution in [-0.4, -0.2) is 9.55 Å². The average molecular weight is 281 g/mol. The number of nitrogens with two attached hydrogens (primary N) is 1. The van der Waals surface area contributed by atoms with Gasteiger partial charge in [0.1, 0.15) is 12.1 Å². The van der Waals surface area contributed by atoms with Crippen molar-refractivity contribution in [3.63, 3.8) is 0 Å². The number of nitrogens with zero attached hydrogens (tertiary/aromatic N) is 2. The van der Waals surface area contributed by atoms with Gasteiger partial charge in [0.25, 0.3) is 5.56 Å². The first-order valence-electron chi connectivity index (χ1n) is 7.07. The minimum Gasteiger partial charge on any atom is -0.439 e. The van der Waals surface area contributed by atoms with Gasteiger partial charge in [-0.1, -0.05) is 6.07 Å². The highest BCUT2D eigenvalue weighted by Gasteiger charge is 2.17. The van der Waals surface area contributed by atoms with Crippen LogP contribution in [0.3, 0.4) is 0 Å². The summed E-state index contributed by atoms with van der Waals surface area (Å²) < 4.78 is 7.49. The number of oxazole rings is 1. The predicted octanol–water partition coefficient (Wildman–Crippen LogP) is 2.11. The quantitative estimate of drug-likeness (QED) is 0.730. The molecule has 0 spiro atoms. The molecule has 0 unspecified atom stereocenters. The van der Waals surface area contributed by atoms with Crippen LogP contribution in [0.15, 0.2) is 39.5 Å². The fourth-order valence-electron chi connectivity index (χ4n) is 3.00. The molecule has 5 heteroatoms. The van der Waals surface area contributed by atoms with Crippen LogP contribution in [0, 0.1) is 0 Å². The van der Waals surface area contributed by atoms with E-state index in [2.05, 4.69) is 4.98 Å². The standard InChI is InChI=1S/C16H15N3O2/c17-11-5-6-14-12(8-11)18-15(21-14)9-19-13-3-1-2-10(13)4-7-16(19)20/h4-8H,1-3,9,17H2. The third-order valence-electron chi connectivity index (χ3n) is 4.00. The summed E-state index contributed by atoms with van der Waals surface area (Å²) in [6, 6.07) is 8.93. The molecule has 4 rings (SSSR count). The van der Waals surface area contributed by atoms with Gasteiger partial charge in [0.05, 0.1) is 0 Å². The van der Waals surface area contributed by atoms with Crippen LogP contribution >= 0.6 is 0 Å². The maximum atomic E-state index is 12.1. The Bertz CT molecular complexity index is 892. The van der Waals surface area contributed by atoms with E-state index in [1.165, 1.54) is 5.56 Å². The lowest BCUT2D eigenvalue weighted by Crippen LogP contribution is -2.23.